The molecule has 1 aromatic heterocycles. The summed E-state index contributed by atoms with van der Waals surface area (Å²) in [7, 11) is 0. The minimum absolute atomic E-state index is 0.663. The van der Waals surface area contributed by atoms with E-state index >= 15 is 0 Å². The van der Waals surface area contributed by atoms with Gasteiger partial charge in [0.25, 0.3) is 0 Å². The topological polar surface area (TPSA) is 17.8 Å². The first-order chi connectivity index (χ1) is 6.77. The third kappa shape index (κ3) is 1.93. The van der Waals surface area contributed by atoms with E-state index < -0.39 is 0 Å². The van der Waals surface area contributed by atoms with Crippen LogP contribution in [0, 0.1) is 0 Å². The van der Waals surface area contributed by atoms with Crippen molar-refractivity contribution in [2.75, 3.05) is 0 Å². The number of fused-ring (bicyclic) bond motifs is 1. The number of benzene rings is 1. The van der Waals surface area contributed by atoms with Crippen LogP contribution in [0.4, 0.5) is 0 Å². The van der Waals surface area contributed by atoms with Crippen molar-refractivity contribution in [2.24, 2.45) is 0 Å². The highest BCUT2D eigenvalue weighted by Crippen LogP contribution is 2.17. The Balaban J connectivity index is 2.25. The van der Waals surface area contributed by atoms with Crippen LogP contribution in [-0.4, -0.2) is 14.8 Å². The van der Waals surface area contributed by atoms with Crippen LogP contribution in [0.1, 0.15) is 13.8 Å². The minimum atomic E-state index is 0.663. The summed E-state index contributed by atoms with van der Waals surface area (Å²) in [5.74, 6) is 0.984. The summed E-state index contributed by atoms with van der Waals surface area (Å²) in [4.78, 5) is 4.35. The quantitative estimate of drug-likeness (QED) is 0.767. The number of nitrogens with zero attached hydrogens (tertiary/aromatic N) is 2. The molecule has 3 heteroatoms. The third-order valence-corrected chi connectivity index (χ3v) is 3.17. The zero-order valence-corrected chi connectivity index (χ0v) is 9.29. The third-order valence-electron chi connectivity index (χ3n) is 2.07. The highest BCUT2D eigenvalue weighted by atomic mass is 32.2. The lowest BCUT2D eigenvalue weighted by Gasteiger charge is -2.06. The number of rotatable bonds is 3. The van der Waals surface area contributed by atoms with Gasteiger partial charge in [0.1, 0.15) is 0 Å². The van der Waals surface area contributed by atoms with E-state index in [9.17, 15) is 0 Å². The molecule has 2 rings (SSSR count). The predicted octanol–water partition coefficient (Wildman–Crippen LogP) is 3.14. The van der Waals surface area contributed by atoms with Crippen molar-refractivity contribution in [1.29, 1.82) is 0 Å². The van der Waals surface area contributed by atoms with Crippen molar-refractivity contribution in [1.82, 2.24) is 9.55 Å². The van der Waals surface area contributed by atoms with Gasteiger partial charge < -0.3 is 4.57 Å². The van der Waals surface area contributed by atoms with E-state index in [0.29, 0.717) is 5.25 Å². The maximum absolute atomic E-state index is 4.35. The van der Waals surface area contributed by atoms with E-state index in [1.54, 1.807) is 0 Å². The van der Waals surface area contributed by atoms with Gasteiger partial charge in [-0.15, -0.1) is 11.8 Å². The molecular formula is C11H14N2S. The first-order valence-corrected chi connectivity index (χ1v) is 5.84. The largest absolute Gasteiger partial charge is 0.321 e. The van der Waals surface area contributed by atoms with Crippen LogP contribution in [0.3, 0.4) is 0 Å². The molecule has 0 radical (unpaired) electrons. The molecule has 0 aliphatic rings. The van der Waals surface area contributed by atoms with Crippen molar-refractivity contribution >= 4 is 22.8 Å². The molecule has 0 atom stereocenters. The summed E-state index contributed by atoms with van der Waals surface area (Å²) in [6.45, 7) is 4.42. The van der Waals surface area contributed by atoms with Gasteiger partial charge in [0.15, 0.2) is 0 Å². The van der Waals surface area contributed by atoms with Gasteiger partial charge in [-0.1, -0.05) is 26.0 Å². The van der Waals surface area contributed by atoms with E-state index in [0.717, 1.165) is 11.4 Å². The van der Waals surface area contributed by atoms with Crippen molar-refractivity contribution in [2.45, 2.75) is 25.0 Å². The van der Waals surface area contributed by atoms with Crippen molar-refractivity contribution in [3.63, 3.8) is 0 Å². The van der Waals surface area contributed by atoms with Crippen LogP contribution in [-0.2, 0) is 5.88 Å². The average Bonchev–Trinajstić information content (AvgIpc) is 2.58. The maximum atomic E-state index is 4.35. The minimum Gasteiger partial charge on any atom is -0.321 e. The molecule has 0 unspecified atom stereocenters. The molecule has 1 aromatic carbocycles. The summed E-state index contributed by atoms with van der Waals surface area (Å²) < 4.78 is 2.19. The van der Waals surface area contributed by atoms with Crippen molar-refractivity contribution in [3.8, 4) is 0 Å². The molecule has 0 amide bonds. The molecule has 14 heavy (non-hydrogen) atoms. The Morgan fingerprint density at radius 2 is 2.14 bits per heavy atom. The first-order valence-electron chi connectivity index (χ1n) is 4.79. The zero-order chi connectivity index (χ0) is 9.97. The van der Waals surface area contributed by atoms with Crippen LogP contribution < -0.4 is 0 Å². The van der Waals surface area contributed by atoms with Gasteiger partial charge in [0.2, 0.25) is 0 Å². The summed E-state index contributed by atoms with van der Waals surface area (Å²) in [5.41, 5.74) is 2.30. The van der Waals surface area contributed by atoms with Gasteiger partial charge >= 0.3 is 0 Å². The summed E-state index contributed by atoms with van der Waals surface area (Å²) in [6, 6.07) is 8.24. The van der Waals surface area contributed by atoms with Crippen molar-refractivity contribution in [3.05, 3.63) is 30.6 Å². The molecule has 0 saturated carbocycles. The Hall–Kier alpha value is -0.960. The van der Waals surface area contributed by atoms with E-state index in [1.807, 2.05) is 30.2 Å². The van der Waals surface area contributed by atoms with Crippen molar-refractivity contribution < 1.29 is 0 Å². The number of imidazole rings is 1. The molecule has 1 heterocycles. The highest BCUT2D eigenvalue weighted by Gasteiger charge is 2.01. The van der Waals surface area contributed by atoms with E-state index in [1.165, 1.54) is 5.52 Å². The van der Waals surface area contributed by atoms with E-state index in [2.05, 4.69) is 35.5 Å². The van der Waals surface area contributed by atoms with Crippen LogP contribution in [0.5, 0.6) is 0 Å². The molecule has 2 nitrogen and oxygen atoms in total. The van der Waals surface area contributed by atoms with E-state index in [-0.39, 0.29) is 0 Å². The molecule has 0 bridgehead atoms. The van der Waals surface area contributed by atoms with E-state index in [4.69, 9.17) is 0 Å². The molecule has 2 aromatic rings. The summed E-state index contributed by atoms with van der Waals surface area (Å²) >= 11 is 1.93. The Morgan fingerprint density at radius 1 is 1.36 bits per heavy atom. The predicted molar refractivity (Wildman–Crippen MR) is 62.5 cm³/mol. The number of hydrogen-bond donors (Lipinski definition) is 0. The van der Waals surface area contributed by atoms with Gasteiger partial charge in [-0.05, 0) is 12.1 Å². The fourth-order valence-corrected chi connectivity index (χ4v) is 2.01. The Labute approximate surface area is 88.3 Å². The van der Waals surface area contributed by atoms with Gasteiger partial charge in [-0.2, -0.15) is 0 Å². The van der Waals surface area contributed by atoms with Gasteiger partial charge in [-0.3, -0.25) is 0 Å². The Morgan fingerprint density at radius 3 is 2.93 bits per heavy atom. The fourth-order valence-electron chi connectivity index (χ4n) is 1.34. The summed E-state index contributed by atoms with van der Waals surface area (Å²) in [5, 5.41) is 0.663. The number of aromatic nitrogens is 2. The van der Waals surface area contributed by atoms with Gasteiger partial charge in [0.05, 0.1) is 23.2 Å². The zero-order valence-electron chi connectivity index (χ0n) is 8.47. The van der Waals surface area contributed by atoms with Crippen LogP contribution in [0.25, 0.3) is 11.0 Å². The second-order valence-corrected chi connectivity index (χ2v) is 5.08. The lowest BCUT2D eigenvalue weighted by molar-refractivity contribution is 0.913. The Bertz CT molecular complexity index is 420. The number of thioether (sulfide) groups is 1. The van der Waals surface area contributed by atoms with Gasteiger partial charge in [0, 0.05) is 5.25 Å². The lowest BCUT2D eigenvalue weighted by atomic mass is 10.3. The molecule has 0 N–H and O–H groups in total. The Kier molecular flexibility index (Phi) is 2.77. The summed E-state index contributed by atoms with van der Waals surface area (Å²) in [6.07, 6.45) is 1.92. The number of para-hydroxylation sites is 2. The maximum Gasteiger partial charge on any atom is 0.0965 e. The molecule has 0 aliphatic carbocycles. The average molecular weight is 206 g/mol. The molecule has 0 aliphatic heterocycles. The number of hydrogen-bond acceptors (Lipinski definition) is 2. The first kappa shape index (κ1) is 9.59. The van der Waals surface area contributed by atoms with Crippen LogP contribution >= 0.6 is 11.8 Å². The SMILES string of the molecule is CC(C)SCn1cnc2ccccc21. The molecule has 0 fully saturated rings. The second-order valence-electron chi connectivity index (χ2n) is 3.55. The lowest BCUT2D eigenvalue weighted by Crippen LogP contribution is -1.96. The molecule has 74 valence electrons. The van der Waals surface area contributed by atoms with Gasteiger partial charge in [-0.25, -0.2) is 4.98 Å². The standard InChI is InChI=1S/C11H14N2S/c1-9(2)14-8-13-7-12-10-5-3-4-6-11(10)13/h3-7,9H,8H2,1-2H3. The second kappa shape index (κ2) is 4.05. The molecular weight excluding hydrogens is 192 g/mol. The molecule has 0 saturated heterocycles. The monoisotopic (exact) mass is 206 g/mol. The smallest absolute Gasteiger partial charge is 0.0965 e. The normalized spacial score (nSPS) is 11.4. The molecule has 0 spiro atoms. The van der Waals surface area contributed by atoms with Crippen LogP contribution in [0.15, 0.2) is 30.6 Å². The fraction of sp³-hybridized carbons (Fsp3) is 0.364. The van der Waals surface area contributed by atoms with Crippen LogP contribution in [0.2, 0.25) is 0 Å². The highest BCUT2D eigenvalue weighted by molar-refractivity contribution is 7.98.